The molecule has 2 unspecified atom stereocenters. The van der Waals surface area contributed by atoms with Gasteiger partial charge in [-0.25, -0.2) is 9.13 Å². The van der Waals surface area contributed by atoms with Crippen molar-refractivity contribution in [3.05, 3.63) is 0 Å². The quantitative estimate of drug-likeness (QED) is 0.0222. The zero-order valence-corrected chi connectivity index (χ0v) is 65.9. The Balaban J connectivity index is 5.27. The van der Waals surface area contributed by atoms with Crippen molar-refractivity contribution in [2.24, 2.45) is 11.8 Å². The molecule has 0 radical (unpaired) electrons. The minimum absolute atomic E-state index is 0.108. The predicted molar refractivity (Wildman–Crippen MR) is 400 cm³/mol. The van der Waals surface area contributed by atoms with E-state index in [1.54, 1.807) is 0 Å². The molecule has 0 aliphatic rings. The largest absolute Gasteiger partial charge is 0.472 e. The van der Waals surface area contributed by atoms with E-state index in [4.69, 9.17) is 37.0 Å². The van der Waals surface area contributed by atoms with Gasteiger partial charge < -0.3 is 33.8 Å². The summed E-state index contributed by atoms with van der Waals surface area (Å²) in [6, 6.07) is 0. The van der Waals surface area contributed by atoms with Gasteiger partial charge in [0.2, 0.25) is 0 Å². The van der Waals surface area contributed by atoms with Crippen LogP contribution in [-0.4, -0.2) is 96.7 Å². The maximum Gasteiger partial charge on any atom is 0.472 e. The predicted octanol–water partition coefficient (Wildman–Crippen LogP) is 23.5. The van der Waals surface area contributed by atoms with Crippen LogP contribution in [0.15, 0.2) is 0 Å². The second kappa shape index (κ2) is 70.7. The van der Waals surface area contributed by atoms with Crippen molar-refractivity contribution in [1.29, 1.82) is 0 Å². The number of unbranched alkanes of at least 4 members (excludes halogenated alkanes) is 48. The number of aliphatic hydroxyl groups is 1. The fraction of sp³-hybridized carbons (Fsp3) is 0.949. The Morgan fingerprint density at radius 2 is 0.469 bits per heavy atom. The standard InChI is InChI=1S/C79H154O17P2/c1-7-9-11-13-15-17-19-21-26-32-39-45-51-57-63-78(83)95-74(67-89-76(81)61-55-49-43-37-31-24-20-18-16-14-12-10-8-2)69-93-97(85,86)91-65-73(80)66-92-98(87,88)94-70-75(68-90-77(82)62-56-50-44-38-34-28-30-36-42-48-54-60-72(5)6)96-79(84)64-58-52-46-40-33-27-23-22-25-29-35-41-47-53-59-71(3)4/h71-75,80H,7-70H2,1-6H3,(H,85,86)(H,87,88)/t73-,74+,75+/m0/s1. The molecule has 0 aliphatic heterocycles. The first-order valence-corrected chi connectivity index (χ1v) is 44.0. The summed E-state index contributed by atoms with van der Waals surface area (Å²) in [6.07, 6.45) is 59.4. The number of phosphoric acid groups is 2. The molecule has 5 atom stereocenters. The van der Waals surface area contributed by atoms with Crippen LogP contribution in [0.5, 0.6) is 0 Å². The van der Waals surface area contributed by atoms with E-state index in [0.29, 0.717) is 25.7 Å². The average Bonchev–Trinajstić information content (AvgIpc) is 1.85. The van der Waals surface area contributed by atoms with Gasteiger partial charge in [0.15, 0.2) is 12.2 Å². The molecule has 0 rings (SSSR count). The number of esters is 4. The number of aliphatic hydroxyl groups excluding tert-OH is 1. The van der Waals surface area contributed by atoms with Crippen LogP contribution in [0.2, 0.25) is 0 Å². The first-order valence-electron chi connectivity index (χ1n) is 41.0. The van der Waals surface area contributed by atoms with Crippen LogP contribution < -0.4 is 0 Å². The molecule has 0 aromatic heterocycles. The lowest BCUT2D eigenvalue weighted by molar-refractivity contribution is -0.161. The SMILES string of the molecule is CCCCCCCCCCCCCCCCC(=O)O[C@H](COC(=O)CCCCCCCCCCCCCCC)COP(=O)(O)OC[C@H](O)COP(=O)(O)OC[C@@H](COC(=O)CCCCCCCCCCCCCC(C)C)OC(=O)CCCCCCCCCCCCCCCCC(C)C. The van der Waals surface area contributed by atoms with E-state index in [1.807, 2.05) is 0 Å². The molecule has 0 fully saturated rings. The summed E-state index contributed by atoms with van der Waals surface area (Å²) in [6.45, 7) is 9.66. The van der Waals surface area contributed by atoms with Gasteiger partial charge in [-0.3, -0.25) is 37.3 Å². The number of hydrogen-bond donors (Lipinski definition) is 3. The fourth-order valence-electron chi connectivity index (χ4n) is 12.2. The highest BCUT2D eigenvalue weighted by Crippen LogP contribution is 2.45. The van der Waals surface area contributed by atoms with Gasteiger partial charge in [-0.15, -0.1) is 0 Å². The van der Waals surface area contributed by atoms with Gasteiger partial charge in [0.1, 0.15) is 19.3 Å². The second-order valence-electron chi connectivity index (χ2n) is 29.4. The molecule has 0 aliphatic carbocycles. The van der Waals surface area contributed by atoms with Gasteiger partial charge in [0, 0.05) is 25.7 Å². The summed E-state index contributed by atoms with van der Waals surface area (Å²) >= 11 is 0. The van der Waals surface area contributed by atoms with E-state index in [9.17, 15) is 43.2 Å². The first kappa shape index (κ1) is 96.1. The van der Waals surface area contributed by atoms with Crippen molar-refractivity contribution >= 4 is 39.5 Å². The maximum absolute atomic E-state index is 13.1. The molecule has 0 bridgehead atoms. The van der Waals surface area contributed by atoms with Gasteiger partial charge in [0.25, 0.3) is 0 Å². The van der Waals surface area contributed by atoms with Crippen molar-refractivity contribution in [2.45, 2.75) is 432 Å². The lowest BCUT2D eigenvalue weighted by Crippen LogP contribution is -2.30. The third kappa shape index (κ3) is 72.4. The van der Waals surface area contributed by atoms with Crippen molar-refractivity contribution in [1.82, 2.24) is 0 Å². The highest BCUT2D eigenvalue weighted by Gasteiger charge is 2.30. The van der Waals surface area contributed by atoms with E-state index < -0.39 is 97.5 Å². The molecule has 3 N–H and O–H groups in total. The van der Waals surface area contributed by atoms with E-state index >= 15 is 0 Å². The van der Waals surface area contributed by atoms with Crippen LogP contribution in [0.3, 0.4) is 0 Å². The Labute approximate surface area is 600 Å². The van der Waals surface area contributed by atoms with Crippen molar-refractivity contribution in [3.63, 3.8) is 0 Å². The topological polar surface area (TPSA) is 237 Å². The smallest absolute Gasteiger partial charge is 0.462 e. The van der Waals surface area contributed by atoms with Crippen LogP contribution in [0.25, 0.3) is 0 Å². The maximum atomic E-state index is 13.1. The summed E-state index contributed by atoms with van der Waals surface area (Å²) in [7, 11) is -9.92. The monoisotopic (exact) mass is 1440 g/mol. The Kier molecular flexibility index (Phi) is 69.3. The van der Waals surface area contributed by atoms with Gasteiger partial charge in [-0.2, -0.15) is 0 Å². The molecule has 19 heteroatoms. The lowest BCUT2D eigenvalue weighted by Gasteiger charge is -2.21. The molecule has 0 saturated heterocycles. The van der Waals surface area contributed by atoms with Crippen LogP contribution in [-0.2, 0) is 65.4 Å². The highest BCUT2D eigenvalue weighted by molar-refractivity contribution is 7.47. The average molecular weight is 1440 g/mol. The number of ether oxygens (including phenoxy) is 4. The highest BCUT2D eigenvalue weighted by atomic mass is 31.2. The molecule has 0 spiro atoms. The normalized spacial score (nSPS) is 13.9. The summed E-state index contributed by atoms with van der Waals surface area (Å²) < 4.78 is 68.7. The Bertz CT molecular complexity index is 1890. The number of hydrogen-bond acceptors (Lipinski definition) is 15. The van der Waals surface area contributed by atoms with Crippen LogP contribution >= 0.6 is 15.6 Å². The van der Waals surface area contributed by atoms with Crippen molar-refractivity contribution in [3.8, 4) is 0 Å². The van der Waals surface area contributed by atoms with Gasteiger partial charge in [0.05, 0.1) is 26.4 Å². The summed E-state index contributed by atoms with van der Waals surface area (Å²) in [4.78, 5) is 73.0. The lowest BCUT2D eigenvalue weighted by atomic mass is 10.0. The number of rotatable bonds is 78. The Hall–Kier alpha value is -1.94. The van der Waals surface area contributed by atoms with Gasteiger partial charge in [-0.05, 0) is 37.5 Å². The zero-order chi connectivity index (χ0) is 72.1. The van der Waals surface area contributed by atoms with Gasteiger partial charge >= 0.3 is 39.5 Å². The minimum Gasteiger partial charge on any atom is -0.462 e. The van der Waals surface area contributed by atoms with E-state index in [2.05, 4.69) is 41.5 Å². The molecule has 0 aromatic carbocycles. The molecule has 582 valence electrons. The third-order valence-corrected chi connectivity index (χ3v) is 20.4. The number of carbonyl (C=O) groups excluding carboxylic acids is 4. The van der Waals surface area contributed by atoms with E-state index in [1.165, 1.54) is 231 Å². The summed E-state index contributed by atoms with van der Waals surface area (Å²) in [5, 5.41) is 10.6. The number of carbonyl (C=O) groups is 4. The summed E-state index contributed by atoms with van der Waals surface area (Å²) in [5.41, 5.74) is 0. The van der Waals surface area contributed by atoms with Crippen molar-refractivity contribution in [2.75, 3.05) is 39.6 Å². The first-order chi connectivity index (χ1) is 47.4. The van der Waals surface area contributed by atoms with Gasteiger partial charge in [-0.1, -0.05) is 363 Å². The minimum atomic E-state index is -4.96. The molecule has 0 saturated carbocycles. The number of phosphoric ester groups is 2. The van der Waals surface area contributed by atoms with E-state index in [0.717, 1.165) is 102 Å². The summed E-state index contributed by atoms with van der Waals surface area (Å²) in [5.74, 6) is -0.542. The molecular weight excluding hydrogens is 1280 g/mol. The van der Waals surface area contributed by atoms with Crippen molar-refractivity contribution < 1.29 is 80.2 Å². The van der Waals surface area contributed by atoms with Crippen LogP contribution in [0.1, 0.15) is 414 Å². The molecule has 0 heterocycles. The molecule has 0 amide bonds. The van der Waals surface area contributed by atoms with Crippen LogP contribution in [0, 0.1) is 11.8 Å². The molecule has 17 nitrogen and oxygen atoms in total. The molecule has 98 heavy (non-hydrogen) atoms. The second-order valence-corrected chi connectivity index (χ2v) is 32.3. The Morgan fingerprint density at radius 3 is 0.694 bits per heavy atom. The Morgan fingerprint density at radius 1 is 0.276 bits per heavy atom. The third-order valence-electron chi connectivity index (χ3n) is 18.5. The molecule has 0 aromatic rings. The zero-order valence-electron chi connectivity index (χ0n) is 64.1. The van der Waals surface area contributed by atoms with E-state index in [-0.39, 0.29) is 25.7 Å². The fourth-order valence-corrected chi connectivity index (χ4v) is 13.8. The molecular formula is C79H154O17P2. The van der Waals surface area contributed by atoms with Crippen LogP contribution in [0.4, 0.5) is 0 Å².